The maximum Gasteiger partial charge on any atom is 0.0182 e. The predicted octanol–water partition coefficient (Wildman–Crippen LogP) is 2.49. The zero-order chi connectivity index (χ0) is 7.73. The highest BCUT2D eigenvalue weighted by Crippen LogP contribution is 2.37. The van der Waals surface area contributed by atoms with Crippen LogP contribution in [0.25, 0.3) is 0 Å². The standard InChI is InChI=1S/C9H16IN/c10-8-2-5-9(6-3-8)4-1-7-11-9/h8,11H,1-7H2. The zero-order valence-corrected chi connectivity index (χ0v) is 9.06. The lowest BCUT2D eigenvalue weighted by Crippen LogP contribution is -2.43. The van der Waals surface area contributed by atoms with Crippen LogP contribution < -0.4 is 5.32 Å². The first-order valence-corrected chi connectivity index (χ1v) is 5.94. The molecular weight excluding hydrogens is 249 g/mol. The van der Waals surface area contributed by atoms with Crippen molar-refractivity contribution in [1.29, 1.82) is 0 Å². The van der Waals surface area contributed by atoms with Gasteiger partial charge < -0.3 is 5.32 Å². The van der Waals surface area contributed by atoms with E-state index < -0.39 is 0 Å². The van der Waals surface area contributed by atoms with Gasteiger partial charge in [0.2, 0.25) is 0 Å². The Hall–Kier alpha value is 0.690. The number of rotatable bonds is 0. The largest absolute Gasteiger partial charge is 0.311 e. The van der Waals surface area contributed by atoms with E-state index in [0.717, 1.165) is 3.92 Å². The molecule has 0 aromatic rings. The van der Waals surface area contributed by atoms with Gasteiger partial charge in [-0.1, -0.05) is 22.6 Å². The van der Waals surface area contributed by atoms with Gasteiger partial charge in [-0.15, -0.1) is 0 Å². The summed E-state index contributed by atoms with van der Waals surface area (Å²) >= 11 is 2.60. The van der Waals surface area contributed by atoms with E-state index in [1.165, 1.54) is 45.1 Å². The summed E-state index contributed by atoms with van der Waals surface area (Å²) in [6, 6.07) is 0. The van der Waals surface area contributed by atoms with E-state index in [4.69, 9.17) is 0 Å². The summed E-state index contributed by atoms with van der Waals surface area (Å²) in [6.07, 6.45) is 8.59. The topological polar surface area (TPSA) is 12.0 Å². The third kappa shape index (κ3) is 1.72. The van der Waals surface area contributed by atoms with Crippen molar-refractivity contribution in [3.63, 3.8) is 0 Å². The third-order valence-corrected chi connectivity index (χ3v) is 4.45. The molecule has 0 atom stereocenters. The highest BCUT2D eigenvalue weighted by Gasteiger charge is 2.36. The zero-order valence-electron chi connectivity index (χ0n) is 6.91. The fourth-order valence-corrected chi connectivity index (χ4v) is 3.05. The Labute approximate surface area is 82.5 Å². The SMILES string of the molecule is IC1CCC2(CCCN2)CC1. The van der Waals surface area contributed by atoms with Crippen LogP contribution in [0.1, 0.15) is 38.5 Å². The summed E-state index contributed by atoms with van der Waals surface area (Å²) in [6.45, 7) is 1.27. The van der Waals surface area contributed by atoms with Crippen LogP contribution >= 0.6 is 22.6 Å². The molecule has 64 valence electrons. The molecule has 2 heteroatoms. The number of halogens is 1. The second kappa shape index (κ2) is 3.21. The van der Waals surface area contributed by atoms with Crippen molar-refractivity contribution in [2.45, 2.75) is 48.0 Å². The average Bonchev–Trinajstić information content (AvgIpc) is 2.45. The first-order chi connectivity index (χ1) is 5.31. The van der Waals surface area contributed by atoms with Crippen molar-refractivity contribution < 1.29 is 0 Å². The van der Waals surface area contributed by atoms with Crippen LogP contribution in [0.5, 0.6) is 0 Å². The van der Waals surface area contributed by atoms with E-state index in [0.29, 0.717) is 5.54 Å². The van der Waals surface area contributed by atoms with E-state index in [9.17, 15) is 0 Å². The van der Waals surface area contributed by atoms with Gasteiger partial charge in [-0.3, -0.25) is 0 Å². The predicted molar refractivity (Wildman–Crippen MR) is 56.2 cm³/mol. The van der Waals surface area contributed by atoms with Gasteiger partial charge in [0.1, 0.15) is 0 Å². The second-order valence-electron chi connectivity index (χ2n) is 3.99. The molecular formula is C9H16IN. The fraction of sp³-hybridized carbons (Fsp3) is 1.00. The molecule has 2 rings (SSSR count). The Morgan fingerprint density at radius 2 is 1.91 bits per heavy atom. The quantitative estimate of drug-likeness (QED) is 0.524. The van der Waals surface area contributed by atoms with Gasteiger partial charge in [-0.25, -0.2) is 0 Å². The molecule has 0 aromatic heterocycles. The smallest absolute Gasteiger partial charge is 0.0182 e. The van der Waals surface area contributed by atoms with Gasteiger partial charge in [0, 0.05) is 9.46 Å². The van der Waals surface area contributed by atoms with E-state index in [1.807, 2.05) is 0 Å². The monoisotopic (exact) mass is 265 g/mol. The number of nitrogens with one attached hydrogen (secondary N) is 1. The molecule has 1 N–H and O–H groups in total. The molecule has 1 saturated heterocycles. The second-order valence-corrected chi connectivity index (χ2v) is 5.75. The van der Waals surface area contributed by atoms with Crippen molar-refractivity contribution in [1.82, 2.24) is 5.32 Å². The number of hydrogen-bond donors (Lipinski definition) is 1. The minimum atomic E-state index is 0.599. The van der Waals surface area contributed by atoms with E-state index in [1.54, 1.807) is 0 Å². The molecule has 11 heavy (non-hydrogen) atoms. The number of hydrogen-bond acceptors (Lipinski definition) is 1. The first kappa shape index (κ1) is 8.30. The third-order valence-electron chi connectivity index (χ3n) is 3.20. The van der Waals surface area contributed by atoms with Gasteiger partial charge in [-0.05, 0) is 45.1 Å². The maximum absolute atomic E-state index is 3.69. The molecule has 1 saturated carbocycles. The molecule has 0 aromatic carbocycles. The molecule has 0 bridgehead atoms. The van der Waals surface area contributed by atoms with E-state index in [-0.39, 0.29) is 0 Å². The highest BCUT2D eigenvalue weighted by atomic mass is 127. The first-order valence-electron chi connectivity index (χ1n) is 4.70. The summed E-state index contributed by atoms with van der Waals surface area (Å²) < 4.78 is 0.959. The Morgan fingerprint density at radius 1 is 1.18 bits per heavy atom. The lowest BCUT2D eigenvalue weighted by molar-refractivity contribution is 0.272. The molecule has 1 heterocycles. The van der Waals surface area contributed by atoms with Crippen LogP contribution in [0.2, 0.25) is 0 Å². The van der Waals surface area contributed by atoms with Crippen molar-refractivity contribution in [2.75, 3.05) is 6.54 Å². The van der Waals surface area contributed by atoms with E-state index in [2.05, 4.69) is 27.9 Å². The van der Waals surface area contributed by atoms with Gasteiger partial charge >= 0.3 is 0 Å². The fourth-order valence-electron chi connectivity index (χ4n) is 2.43. The Balaban J connectivity index is 1.94. The van der Waals surface area contributed by atoms with Crippen molar-refractivity contribution >= 4 is 22.6 Å². The lowest BCUT2D eigenvalue weighted by atomic mass is 9.81. The van der Waals surface area contributed by atoms with Crippen LogP contribution in [-0.4, -0.2) is 16.0 Å². The summed E-state index contributed by atoms with van der Waals surface area (Å²) in [5, 5.41) is 3.69. The van der Waals surface area contributed by atoms with Crippen LogP contribution in [0.4, 0.5) is 0 Å². The maximum atomic E-state index is 3.69. The van der Waals surface area contributed by atoms with Crippen molar-refractivity contribution in [3.05, 3.63) is 0 Å². The molecule has 2 fully saturated rings. The normalized spacial score (nSPS) is 45.0. The van der Waals surface area contributed by atoms with Gasteiger partial charge in [0.15, 0.2) is 0 Å². The van der Waals surface area contributed by atoms with Gasteiger partial charge in [0.05, 0.1) is 0 Å². The minimum absolute atomic E-state index is 0.599. The summed E-state index contributed by atoms with van der Waals surface area (Å²) in [7, 11) is 0. The summed E-state index contributed by atoms with van der Waals surface area (Å²) in [5.41, 5.74) is 0.599. The minimum Gasteiger partial charge on any atom is -0.311 e. The Kier molecular flexibility index (Phi) is 2.42. The lowest BCUT2D eigenvalue weighted by Gasteiger charge is -2.35. The van der Waals surface area contributed by atoms with Crippen LogP contribution in [0, 0.1) is 0 Å². The molecule has 2 aliphatic rings. The Morgan fingerprint density at radius 3 is 2.45 bits per heavy atom. The molecule has 1 spiro atoms. The van der Waals surface area contributed by atoms with Crippen LogP contribution in [-0.2, 0) is 0 Å². The van der Waals surface area contributed by atoms with Gasteiger partial charge in [-0.2, -0.15) is 0 Å². The van der Waals surface area contributed by atoms with Crippen LogP contribution in [0.3, 0.4) is 0 Å². The average molecular weight is 265 g/mol. The molecule has 1 aliphatic carbocycles. The molecule has 0 amide bonds. The summed E-state index contributed by atoms with van der Waals surface area (Å²) in [4.78, 5) is 0. The molecule has 0 radical (unpaired) electrons. The number of alkyl halides is 1. The highest BCUT2D eigenvalue weighted by molar-refractivity contribution is 14.1. The molecule has 1 aliphatic heterocycles. The van der Waals surface area contributed by atoms with E-state index >= 15 is 0 Å². The van der Waals surface area contributed by atoms with Gasteiger partial charge in [0.25, 0.3) is 0 Å². The van der Waals surface area contributed by atoms with Crippen molar-refractivity contribution in [2.24, 2.45) is 0 Å². The Bertz CT molecular complexity index is 130. The van der Waals surface area contributed by atoms with Crippen LogP contribution in [0.15, 0.2) is 0 Å². The summed E-state index contributed by atoms with van der Waals surface area (Å²) in [5.74, 6) is 0. The molecule has 0 unspecified atom stereocenters. The molecule has 1 nitrogen and oxygen atoms in total. The van der Waals surface area contributed by atoms with Crippen molar-refractivity contribution in [3.8, 4) is 0 Å².